The Bertz CT molecular complexity index is 1960. The lowest BCUT2D eigenvalue weighted by atomic mass is 9.95. The zero-order valence-electron chi connectivity index (χ0n) is 41.2. The average Bonchev–Trinajstić information content (AvgIpc) is 3.52. The molecule has 21 heterocycles. The van der Waals surface area contributed by atoms with E-state index in [1.807, 2.05) is 0 Å². The van der Waals surface area contributed by atoms with Gasteiger partial charge in [-0.2, -0.15) is 0 Å². The van der Waals surface area contributed by atoms with Gasteiger partial charge in [-0.1, -0.05) is 5.11 Å². The van der Waals surface area contributed by atoms with Crippen LogP contribution in [0.25, 0.3) is 10.4 Å². The highest BCUT2D eigenvalue weighted by Crippen LogP contribution is 2.39. The minimum absolute atomic E-state index is 0.745. The van der Waals surface area contributed by atoms with Crippen LogP contribution in [0.15, 0.2) is 5.11 Å². The van der Waals surface area contributed by atoms with Gasteiger partial charge in [0.1, 0.15) is 165 Å². The van der Waals surface area contributed by atoms with Gasteiger partial charge in [-0.3, -0.25) is 0 Å². The largest absolute Gasteiger partial charge is 0.394 e. The molecule has 0 aromatic heterocycles. The summed E-state index contributed by atoms with van der Waals surface area (Å²) in [5, 5.41) is 224. The molecule has 20 N–H and O–H groups in total. The van der Waals surface area contributed by atoms with Crippen LogP contribution in [0.5, 0.6) is 0 Å². The lowest BCUT2D eigenvalue weighted by molar-refractivity contribution is -0.396. The van der Waals surface area contributed by atoms with Crippen LogP contribution in [0.3, 0.4) is 0 Å². The maximum absolute atomic E-state index is 11.5. The first-order chi connectivity index (χ1) is 37.7. The zero-order valence-corrected chi connectivity index (χ0v) is 41.2. The number of nitrogens with zero attached hydrogens (tertiary/aromatic N) is 3. The molecule has 0 radical (unpaired) electrons. The molecule has 35 atom stereocenters. The van der Waals surface area contributed by atoms with E-state index in [4.69, 9.17) is 66.3 Å². The molecule has 21 aliphatic heterocycles. The fourth-order valence-corrected chi connectivity index (χ4v) is 10.5. The Morgan fingerprint density at radius 1 is 0.241 bits per heavy atom. The number of rotatable bonds is 8. The number of hydrogen-bond donors (Lipinski definition) is 20. The molecule has 21 saturated heterocycles. The van der Waals surface area contributed by atoms with E-state index in [1.165, 1.54) is 0 Å². The highest BCUT2D eigenvalue weighted by molar-refractivity contribution is 5.02. The van der Waals surface area contributed by atoms with Crippen molar-refractivity contribution in [1.29, 1.82) is 0 Å². The van der Waals surface area contributed by atoms with Gasteiger partial charge in [0.05, 0.1) is 52.3 Å². The van der Waals surface area contributed by atoms with Gasteiger partial charge >= 0.3 is 0 Å². The molecule has 3 unspecified atom stereocenters. The van der Waals surface area contributed by atoms with Crippen molar-refractivity contribution >= 4 is 0 Å². The standard InChI is InChI=1S/C42H69N3O34/c43-45-44-1-8-29-15(52)22(59)36(66-8)74-30-9(2-46)68-38(24(61)17(30)54)76-32-11(4-48)70-40(26(63)19(32)56)78-34-13(6-50)72-42(28(65)21(34)58)79-35-14(7-51)71-41(27(64)20(35)57)77-33-12(5-49)69-39(25(62)18(33)55)75-31-10(3-47)67-37(73-29)23(60)16(31)53/h8-42,46-65H,1-7H2/t8-,9-,10-,11-,12-,13-,14-,15-,16-,17-,18-,19-,20-,21-,22?,23-,24-,25-,26?,27-,28?,29-,30-,31-,32-,33-,34-,35-,36-,37-,38-,39-,40-,41-,42-/m1/s1. The average molecular weight is 1160 g/mol. The fourth-order valence-electron chi connectivity index (χ4n) is 10.5. The van der Waals surface area contributed by atoms with Gasteiger partial charge in [-0.15, -0.1) is 0 Å². The second-order valence-corrected chi connectivity index (χ2v) is 19.9. The molecule has 0 spiro atoms. The Balaban J connectivity index is 1.09. The Morgan fingerprint density at radius 3 is 0.544 bits per heavy atom. The first kappa shape index (κ1) is 63.0. The van der Waals surface area contributed by atoms with Gasteiger partial charge in [0.25, 0.3) is 0 Å². The third kappa shape index (κ3) is 12.5. The Hall–Kier alpha value is -2.05. The molecule has 0 aromatic carbocycles. The lowest BCUT2D eigenvalue weighted by Crippen LogP contribution is -2.68. The van der Waals surface area contributed by atoms with E-state index in [0.29, 0.717) is 0 Å². The summed E-state index contributed by atoms with van der Waals surface area (Å²) in [6.45, 7) is -7.08. The molecule has 0 aliphatic carbocycles. The van der Waals surface area contributed by atoms with E-state index >= 15 is 0 Å². The van der Waals surface area contributed by atoms with Gasteiger partial charge in [-0.25, -0.2) is 0 Å². The van der Waals surface area contributed by atoms with Gasteiger partial charge in [0.15, 0.2) is 44.0 Å². The van der Waals surface area contributed by atoms with Gasteiger partial charge in [0, 0.05) is 4.91 Å². The number of aliphatic hydroxyl groups is 20. The Labute approximate surface area is 444 Å². The van der Waals surface area contributed by atoms with Crippen molar-refractivity contribution < 1.29 is 168 Å². The van der Waals surface area contributed by atoms with E-state index < -0.39 is 261 Å². The summed E-state index contributed by atoms with van der Waals surface area (Å²) in [4.78, 5) is 2.64. The second-order valence-electron chi connectivity index (χ2n) is 19.9. The minimum atomic E-state index is -2.23. The van der Waals surface area contributed by atoms with Crippen molar-refractivity contribution in [2.75, 3.05) is 46.2 Å². The monoisotopic (exact) mass is 1160 g/mol. The number of azide groups is 1. The molecule has 21 rings (SSSR count). The SMILES string of the molecule is [N-]=[N+]=NC[C@H]1O[C@@H]2O[C@H]3[C@H](O)[C@@H](O)[C@@H](O[C@H]4[C@H](O)C(O)[C@@H](O[C@H]5[C@H](O)C(O)[C@@H](O[C@H]6[C@H](O)[C@@H](O)[C@@H](O[C@H]7[C@H](O)[C@@H](O)[C@@H](O[C@H]8[C@H](O)[C@@H](O)[C@@H](O[C@H]1[C@H](O)C2O)O[C@@H]8CO)O[C@@H]7CO)O[C@@H]6CO)O[C@@H]5CO)O[C@@H]4CO)O[C@@H]3CO. The topological polar surface area (TPSA) is 583 Å². The van der Waals surface area contributed by atoms with Crippen molar-refractivity contribution in [2.24, 2.45) is 5.11 Å². The summed E-state index contributed by atoms with van der Waals surface area (Å²) in [5.74, 6) is 0. The zero-order chi connectivity index (χ0) is 57.5. The van der Waals surface area contributed by atoms with Crippen LogP contribution in [0.2, 0.25) is 0 Å². The molecule has 0 aromatic rings. The highest BCUT2D eigenvalue weighted by Gasteiger charge is 2.59. The maximum Gasteiger partial charge on any atom is 0.187 e. The molecule has 21 fully saturated rings. The molecule has 21 aliphatic rings. The molecule has 79 heavy (non-hydrogen) atoms. The van der Waals surface area contributed by atoms with E-state index in [-0.39, 0.29) is 0 Å². The van der Waals surface area contributed by atoms with E-state index in [1.54, 1.807) is 0 Å². The molecule has 456 valence electrons. The van der Waals surface area contributed by atoms with Crippen molar-refractivity contribution in [3.8, 4) is 0 Å². The summed E-state index contributed by atoms with van der Waals surface area (Å²) < 4.78 is 79.9. The van der Waals surface area contributed by atoms with Crippen LogP contribution in [0.1, 0.15) is 0 Å². The quantitative estimate of drug-likeness (QED) is 0.0610. The minimum Gasteiger partial charge on any atom is -0.394 e. The third-order valence-corrected chi connectivity index (χ3v) is 14.9. The van der Waals surface area contributed by atoms with Crippen molar-refractivity contribution in [2.45, 2.75) is 215 Å². The van der Waals surface area contributed by atoms with Gasteiger partial charge < -0.3 is 168 Å². The smallest absolute Gasteiger partial charge is 0.187 e. The number of aliphatic hydroxyl groups excluding tert-OH is 20. The molecule has 0 saturated carbocycles. The third-order valence-electron chi connectivity index (χ3n) is 14.9. The Kier molecular flexibility index (Phi) is 21.4. The molecular formula is C42H69N3O34. The Morgan fingerprint density at radius 2 is 0.392 bits per heavy atom. The fraction of sp³-hybridized carbons (Fsp3) is 1.00. The van der Waals surface area contributed by atoms with E-state index in [9.17, 15) is 108 Å². The van der Waals surface area contributed by atoms with Gasteiger partial charge in [-0.05, 0) is 5.53 Å². The summed E-state index contributed by atoms with van der Waals surface area (Å²) in [7, 11) is 0. The molecule has 37 nitrogen and oxygen atoms in total. The molecular weight excluding hydrogens is 1090 g/mol. The van der Waals surface area contributed by atoms with Crippen LogP contribution < -0.4 is 0 Å². The van der Waals surface area contributed by atoms with Crippen LogP contribution in [-0.4, -0.2) is 363 Å². The highest BCUT2D eigenvalue weighted by atomic mass is 16.8. The lowest BCUT2D eigenvalue weighted by Gasteiger charge is -2.50. The molecule has 0 amide bonds. The second kappa shape index (κ2) is 26.9. The van der Waals surface area contributed by atoms with E-state index in [2.05, 4.69) is 10.0 Å². The van der Waals surface area contributed by atoms with Gasteiger partial charge in [0.2, 0.25) is 0 Å². The van der Waals surface area contributed by atoms with Crippen LogP contribution >= 0.6 is 0 Å². The predicted molar refractivity (Wildman–Crippen MR) is 235 cm³/mol. The maximum atomic E-state index is 11.5. The number of hydrogen-bond acceptors (Lipinski definition) is 35. The summed E-state index contributed by atoms with van der Waals surface area (Å²) in [6, 6.07) is 0. The first-order valence-corrected chi connectivity index (χ1v) is 25.0. The summed E-state index contributed by atoms with van der Waals surface area (Å²) in [6.07, 6.45) is -70.7. The van der Waals surface area contributed by atoms with Crippen molar-refractivity contribution in [3.63, 3.8) is 0 Å². The van der Waals surface area contributed by atoms with E-state index in [0.717, 1.165) is 0 Å². The summed E-state index contributed by atoms with van der Waals surface area (Å²) in [5.41, 5.74) is 9.19. The predicted octanol–water partition coefficient (Wildman–Crippen LogP) is -13.9. The van der Waals surface area contributed by atoms with Crippen molar-refractivity contribution in [1.82, 2.24) is 0 Å². The molecule has 14 bridgehead atoms. The summed E-state index contributed by atoms with van der Waals surface area (Å²) >= 11 is 0. The van der Waals surface area contributed by atoms with Crippen LogP contribution in [0.4, 0.5) is 0 Å². The van der Waals surface area contributed by atoms with Crippen LogP contribution in [0, 0.1) is 0 Å². The number of ether oxygens (including phenoxy) is 14. The normalized spacial score (nSPS) is 54.1. The first-order valence-electron chi connectivity index (χ1n) is 25.0. The molecule has 37 heteroatoms. The van der Waals surface area contributed by atoms with Crippen LogP contribution in [-0.2, 0) is 66.3 Å². The van der Waals surface area contributed by atoms with Crippen molar-refractivity contribution in [3.05, 3.63) is 10.4 Å².